The van der Waals surface area contributed by atoms with Gasteiger partial charge in [-0.3, -0.25) is 4.79 Å². The quantitative estimate of drug-likeness (QED) is 0.372. The van der Waals surface area contributed by atoms with Crippen LogP contribution in [0.1, 0.15) is 6.42 Å². The van der Waals surface area contributed by atoms with Gasteiger partial charge in [0.15, 0.2) is 0 Å². The van der Waals surface area contributed by atoms with Crippen molar-refractivity contribution in [3.8, 4) is 5.75 Å². The predicted molar refractivity (Wildman–Crippen MR) is 125 cm³/mol. The molecule has 0 atom stereocenters. The van der Waals surface area contributed by atoms with Gasteiger partial charge in [-0.1, -0.05) is 19.6 Å². The summed E-state index contributed by atoms with van der Waals surface area (Å²) in [5, 5.41) is 7.21. The summed E-state index contributed by atoms with van der Waals surface area (Å²) >= 11 is 0. The monoisotopic (exact) mass is 435 g/mol. The van der Waals surface area contributed by atoms with E-state index in [1.807, 2.05) is 41.9 Å². The topological polar surface area (TPSA) is 80.7 Å². The number of methoxy groups -OCH3 is 1. The Balaban J connectivity index is 1.92. The summed E-state index contributed by atoms with van der Waals surface area (Å²) < 4.78 is 13.5. The first-order chi connectivity index (χ1) is 14.2. The number of rotatable bonds is 13. The van der Waals surface area contributed by atoms with E-state index in [4.69, 9.17) is 14.5 Å². The van der Waals surface area contributed by atoms with Crippen LogP contribution in [0.2, 0.25) is 25.7 Å². The Hall–Kier alpha value is -2.10. The second-order valence-electron chi connectivity index (χ2n) is 8.95. The summed E-state index contributed by atoms with van der Waals surface area (Å²) in [7, 11) is 4.32. The van der Waals surface area contributed by atoms with Crippen LogP contribution in [0, 0.1) is 0 Å². The molecule has 8 nitrogen and oxygen atoms in total. The van der Waals surface area contributed by atoms with Gasteiger partial charge in [-0.05, 0) is 32.6 Å². The number of amides is 1. The van der Waals surface area contributed by atoms with Gasteiger partial charge in [-0.25, -0.2) is 4.98 Å². The maximum atomic E-state index is 11.7. The molecule has 30 heavy (non-hydrogen) atoms. The molecule has 0 saturated heterocycles. The molecule has 9 heteroatoms. The Morgan fingerprint density at radius 1 is 1.27 bits per heavy atom. The van der Waals surface area contributed by atoms with E-state index < -0.39 is 8.07 Å². The lowest BCUT2D eigenvalue weighted by Gasteiger charge is -2.16. The van der Waals surface area contributed by atoms with Crippen LogP contribution in [0.5, 0.6) is 5.75 Å². The zero-order chi connectivity index (χ0) is 22.1. The highest BCUT2D eigenvalue weighted by atomic mass is 28.3. The Kier molecular flexibility index (Phi) is 9.13. The number of hydrogen-bond acceptors (Lipinski definition) is 6. The Morgan fingerprint density at radius 2 is 2.03 bits per heavy atom. The molecule has 0 saturated carbocycles. The highest BCUT2D eigenvalue weighted by molar-refractivity contribution is 6.76. The van der Waals surface area contributed by atoms with E-state index in [0.717, 1.165) is 41.7 Å². The van der Waals surface area contributed by atoms with Gasteiger partial charge in [-0.15, -0.1) is 0 Å². The van der Waals surface area contributed by atoms with Gasteiger partial charge in [0.1, 0.15) is 23.9 Å². The van der Waals surface area contributed by atoms with E-state index >= 15 is 0 Å². The molecular formula is C21H37N5O3Si. The second-order valence-corrected chi connectivity index (χ2v) is 14.6. The van der Waals surface area contributed by atoms with Gasteiger partial charge in [0.2, 0.25) is 5.91 Å². The predicted octanol–water partition coefficient (Wildman–Crippen LogP) is 2.84. The van der Waals surface area contributed by atoms with Crippen molar-refractivity contribution in [1.29, 1.82) is 0 Å². The van der Waals surface area contributed by atoms with Crippen molar-refractivity contribution in [3.05, 3.63) is 18.3 Å². The molecular weight excluding hydrogens is 398 g/mol. The summed E-state index contributed by atoms with van der Waals surface area (Å²) in [6.07, 6.45) is 2.79. The van der Waals surface area contributed by atoms with Crippen LogP contribution in [0.4, 0.5) is 5.82 Å². The Labute approximate surface area is 180 Å². The molecule has 2 heterocycles. The molecule has 0 bridgehead atoms. The van der Waals surface area contributed by atoms with Crippen molar-refractivity contribution in [2.75, 3.05) is 52.8 Å². The van der Waals surface area contributed by atoms with Crippen LogP contribution >= 0.6 is 0 Å². The normalized spacial score (nSPS) is 11.8. The lowest BCUT2D eigenvalue weighted by Crippen LogP contribution is -2.34. The van der Waals surface area contributed by atoms with Crippen molar-refractivity contribution in [1.82, 2.24) is 19.8 Å². The van der Waals surface area contributed by atoms with Gasteiger partial charge in [-0.2, -0.15) is 0 Å². The zero-order valence-corrected chi connectivity index (χ0v) is 20.2. The molecule has 2 aromatic rings. The fraction of sp³-hybridized carbons (Fsp3) is 0.619. The van der Waals surface area contributed by atoms with Crippen LogP contribution in [-0.4, -0.2) is 75.9 Å². The first kappa shape index (κ1) is 24.2. The highest BCUT2D eigenvalue weighted by Crippen LogP contribution is 2.28. The number of likely N-dealkylation sites (N-methyl/N-ethyl adjacent to an activating group) is 1. The van der Waals surface area contributed by atoms with Crippen molar-refractivity contribution in [3.63, 3.8) is 0 Å². The number of nitrogens with one attached hydrogen (secondary N) is 2. The van der Waals surface area contributed by atoms with Crippen molar-refractivity contribution < 1.29 is 14.3 Å². The average molecular weight is 436 g/mol. The number of aromatic nitrogens is 2. The molecule has 0 spiro atoms. The largest absolute Gasteiger partial charge is 0.496 e. The molecule has 2 N–H and O–H groups in total. The van der Waals surface area contributed by atoms with Crippen LogP contribution in [0.15, 0.2) is 18.3 Å². The molecule has 0 fully saturated rings. The number of hydrogen-bond donors (Lipinski definition) is 2. The van der Waals surface area contributed by atoms with E-state index in [-0.39, 0.29) is 5.91 Å². The summed E-state index contributed by atoms with van der Waals surface area (Å²) in [6.45, 7) is 10.0. The standard InChI is InChI=1S/C21H37N5O3Si/c1-25(2)15-20(27)23-10-7-9-22-19-14-18(28-3)17-8-11-26(21(17)24-19)16-29-12-13-30(4,5)6/h8,11,14H,7,9-10,12-13,15-16H2,1-6H3,(H,22,24)(H,23,27). The second kappa shape index (κ2) is 11.3. The fourth-order valence-corrected chi connectivity index (χ4v) is 3.67. The lowest BCUT2D eigenvalue weighted by atomic mass is 10.3. The molecule has 0 aliphatic carbocycles. The van der Waals surface area contributed by atoms with E-state index in [1.54, 1.807) is 7.11 Å². The SMILES string of the molecule is COc1cc(NCCCNC(=O)CN(C)C)nc2c1ccn2COCC[Si](C)(C)C. The summed E-state index contributed by atoms with van der Waals surface area (Å²) in [5.74, 6) is 1.57. The molecule has 0 aromatic carbocycles. The van der Waals surface area contributed by atoms with Crippen LogP contribution < -0.4 is 15.4 Å². The maximum Gasteiger partial charge on any atom is 0.234 e. The van der Waals surface area contributed by atoms with E-state index in [9.17, 15) is 4.79 Å². The minimum absolute atomic E-state index is 0.0353. The third-order valence-electron chi connectivity index (χ3n) is 4.58. The zero-order valence-electron chi connectivity index (χ0n) is 19.2. The van der Waals surface area contributed by atoms with Gasteiger partial charge >= 0.3 is 0 Å². The highest BCUT2D eigenvalue weighted by Gasteiger charge is 2.13. The minimum Gasteiger partial charge on any atom is -0.496 e. The van der Waals surface area contributed by atoms with Gasteiger partial charge in [0.25, 0.3) is 0 Å². The Bertz CT molecular complexity index is 817. The lowest BCUT2D eigenvalue weighted by molar-refractivity contribution is -0.121. The number of anilines is 1. The number of fused-ring (bicyclic) bond motifs is 1. The fourth-order valence-electron chi connectivity index (χ4n) is 2.91. The van der Waals surface area contributed by atoms with Crippen LogP contribution in [-0.2, 0) is 16.3 Å². The number of nitrogens with zero attached hydrogens (tertiary/aromatic N) is 3. The van der Waals surface area contributed by atoms with Crippen molar-refractivity contribution in [2.24, 2.45) is 0 Å². The number of ether oxygens (including phenoxy) is 2. The smallest absolute Gasteiger partial charge is 0.234 e. The van der Waals surface area contributed by atoms with Gasteiger partial charge < -0.3 is 29.6 Å². The number of pyridine rings is 1. The number of carbonyl (C=O) groups excluding carboxylic acids is 1. The average Bonchev–Trinajstić information content (AvgIpc) is 3.06. The van der Waals surface area contributed by atoms with Gasteiger partial charge in [0, 0.05) is 40.0 Å². The van der Waals surface area contributed by atoms with E-state index in [1.165, 1.54) is 0 Å². The van der Waals surface area contributed by atoms with E-state index in [2.05, 4.69) is 30.3 Å². The molecule has 0 radical (unpaired) electrons. The van der Waals surface area contributed by atoms with Gasteiger partial charge in [0.05, 0.1) is 19.0 Å². The molecule has 0 aliphatic rings. The summed E-state index contributed by atoms with van der Waals surface area (Å²) in [6, 6.07) is 5.05. The molecule has 2 rings (SSSR count). The van der Waals surface area contributed by atoms with Crippen molar-refractivity contribution in [2.45, 2.75) is 38.8 Å². The third kappa shape index (κ3) is 7.96. The molecule has 0 aliphatic heterocycles. The third-order valence-corrected chi connectivity index (χ3v) is 6.29. The molecule has 1 amide bonds. The first-order valence-corrected chi connectivity index (χ1v) is 14.2. The molecule has 2 aromatic heterocycles. The van der Waals surface area contributed by atoms with Crippen LogP contribution in [0.3, 0.4) is 0 Å². The number of carbonyl (C=O) groups is 1. The molecule has 0 unspecified atom stereocenters. The Morgan fingerprint density at radius 3 is 2.70 bits per heavy atom. The summed E-state index contributed by atoms with van der Waals surface area (Å²) in [5.41, 5.74) is 0.837. The van der Waals surface area contributed by atoms with Crippen LogP contribution in [0.25, 0.3) is 11.0 Å². The summed E-state index contributed by atoms with van der Waals surface area (Å²) in [4.78, 5) is 18.3. The van der Waals surface area contributed by atoms with E-state index in [0.29, 0.717) is 26.4 Å². The molecule has 168 valence electrons. The first-order valence-electron chi connectivity index (χ1n) is 10.5. The van der Waals surface area contributed by atoms with Crippen molar-refractivity contribution >= 4 is 30.8 Å². The maximum absolute atomic E-state index is 11.7. The minimum atomic E-state index is -1.10.